The van der Waals surface area contributed by atoms with Gasteiger partial charge in [0.15, 0.2) is 5.82 Å². The minimum absolute atomic E-state index is 0.114. The van der Waals surface area contributed by atoms with Gasteiger partial charge in [0.2, 0.25) is 0 Å². The fourth-order valence-corrected chi connectivity index (χ4v) is 7.28. The Morgan fingerprint density at radius 2 is 2.00 bits per heavy atom. The first-order chi connectivity index (χ1) is 20.0. The van der Waals surface area contributed by atoms with Crippen molar-refractivity contribution in [1.29, 1.82) is 0 Å². The summed E-state index contributed by atoms with van der Waals surface area (Å²) in [5.41, 5.74) is 3.73. The highest BCUT2D eigenvalue weighted by Gasteiger charge is 2.49. The molecule has 42 heavy (non-hydrogen) atoms. The van der Waals surface area contributed by atoms with E-state index in [0.717, 1.165) is 43.9 Å². The largest absolute Gasteiger partial charge is 0.461 e. The molecule has 13 heteroatoms. The monoisotopic (exact) mass is 587 g/mol. The predicted octanol–water partition coefficient (Wildman–Crippen LogP) is 5.00. The van der Waals surface area contributed by atoms with Gasteiger partial charge in [-0.25, -0.2) is 13.8 Å². The topological polar surface area (TPSA) is 102 Å². The average molecular weight is 588 g/mol. The maximum absolute atomic E-state index is 16.3. The molecule has 8 nitrogen and oxygen atoms in total. The zero-order valence-electron chi connectivity index (χ0n) is 22.9. The summed E-state index contributed by atoms with van der Waals surface area (Å²) >= 11 is 0. The number of ether oxygens (including phenoxy) is 1. The molecule has 4 aliphatic rings. The van der Waals surface area contributed by atoms with Crippen LogP contribution in [-0.2, 0) is 6.18 Å². The lowest BCUT2D eigenvalue weighted by molar-refractivity contribution is -0.137. The van der Waals surface area contributed by atoms with Crippen molar-refractivity contribution in [1.82, 2.24) is 30.2 Å². The second-order valence-electron chi connectivity index (χ2n) is 11.9. The predicted molar refractivity (Wildman–Crippen MR) is 146 cm³/mol. The Balaban J connectivity index is 1.37. The molecule has 3 N–H and O–H groups in total. The Morgan fingerprint density at radius 3 is 2.79 bits per heavy atom. The molecule has 0 amide bonds. The minimum atomic E-state index is -4.82. The molecule has 7 heterocycles. The van der Waals surface area contributed by atoms with E-state index in [9.17, 15) is 17.6 Å². The fraction of sp³-hybridized carbons (Fsp3) is 0.517. The number of aromatic nitrogens is 4. The van der Waals surface area contributed by atoms with Gasteiger partial charge >= 0.3 is 12.2 Å². The first-order valence-corrected chi connectivity index (χ1v) is 14.2. The lowest BCUT2D eigenvalue weighted by Gasteiger charge is -2.31. The number of aryl methyl sites for hydroxylation is 1. The molecule has 0 aromatic carbocycles. The molecule has 222 valence electrons. The molecule has 4 aliphatic heterocycles. The minimum Gasteiger partial charge on any atom is -0.461 e. The van der Waals surface area contributed by atoms with E-state index in [1.54, 1.807) is 0 Å². The van der Waals surface area contributed by atoms with Gasteiger partial charge in [-0.2, -0.15) is 23.1 Å². The van der Waals surface area contributed by atoms with Gasteiger partial charge in [0, 0.05) is 36.6 Å². The van der Waals surface area contributed by atoms with Crippen LogP contribution in [0.4, 0.5) is 27.8 Å². The van der Waals surface area contributed by atoms with Crippen LogP contribution >= 0.6 is 0 Å². The maximum Gasteiger partial charge on any atom is 0.418 e. The van der Waals surface area contributed by atoms with Gasteiger partial charge in [0.25, 0.3) is 0 Å². The van der Waals surface area contributed by atoms with Crippen molar-refractivity contribution in [2.45, 2.75) is 75.4 Å². The van der Waals surface area contributed by atoms with Gasteiger partial charge in [-0.05, 0) is 62.8 Å². The summed E-state index contributed by atoms with van der Waals surface area (Å²) < 4.78 is 79.0. The number of pyridine rings is 2. The smallest absolute Gasteiger partial charge is 0.418 e. The van der Waals surface area contributed by atoms with E-state index in [0.29, 0.717) is 25.1 Å². The molecule has 7 rings (SSSR count). The van der Waals surface area contributed by atoms with Gasteiger partial charge in [0.05, 0.1) is 16.8 Å². The molecule has 3 aromatic heterocycles. The Labute approximate surface area is 238 Å². The first kappa shape index (κ1) is 27.4. The van der Waals surface area contributed by atoms with E-state index >= 15 is 4.39 Å². The fourth-order valence-electron chi connectivity index (χ4n) is 7.28. The van der Waals surface area contributed by atoms with Crippen molar-refractivity contribution in [2.24, 2.45) is 0 Å². The van der Waals surface area contributed by atoms with Gasteiger partial charge in [-0.15, -0.1) is 0 Å². The number of hydrogen-bond donors (Lipinski definition) is 2. The van der Waals surface area contributed by atoms with E-state index < -0.39 is 40.7 Å². The SMILES string of the molecule is Cc1cc(N)nc(-c2ncc3c(C4=CC5CCC(C4)N5)nc(OC[C@@]45CCCN4C[C@H](F)C5)nc3c2F)c1C(F)(F)F. The summed E-state index contributed by atoms with van der Waals surface area (Å²) in [6.07, 6.45) is 2.15. The van der Waals surface area contributed by atoms with E-state index in [2.05, 4.69) is 30.2 Å². The van der Waals surface area contributed by atoms with Crippen molar-refractivity contribution in [3.05, 3.63) is 41.0 Å². The van der Waals surface area contributed by atoms with Crippen molar-refractivity contribution < 1.29 is 26.7 Å². The van der Waals surface area contributed by atoms with Crippen LogP contribution in [0.3, 0.4) is 0 Å². The van der Waals surface area contributed by atoms with Crippen LogP contribution in [0.5, 0.6) is 6.01 Å². The van der Waals surface area contributed by atoms with Crippen LogP contribution < -0.4 is 15.8 Å². The van der Waals surface area contributed by atoms with Gasteiger partial charge < -0.3 is 15.8 Å². The Hall–Kier alpha value is -3.45. The number of nitrogens with two attached hydrogens (primary N) is 1. The molecule has 0 saturated carbocycles. The van der Waals surface area contributed by atoms with Crippen LogP contribution in [0.2, 0.25) is 0 Å². The summed E-state index contributed by atoms with van der Waals surface area (Å²) in [7, 11) is 0. The van der Waals surface area contributed by atoms with Crippen molar-refractivity contribution in [2.75, 3.05) is 25.4 Å². The summed E-state index contributed by atoms with van der Waals surface area (Å²) in [4.78, 5) is 19.1. The number of nitrogens with one attached hydrogen (secondary N) is 1. The molecule has 2 unspecified atom stereocenters. The average Bonchev–Trinajstić information content (AvgIpc) is 3.56. The molecule has 2 bridgehead atoms. The van der Waals surface area contributed by atoms with E-state index in [4.69, 9.17) is 10.5 Å². The van der Waals surface area contributed by atoms with Crippen molar-refractivity contribution in [3.8, 4) is 17.4 Å². The zero-order chi connectivity index (χ0) is 29.4. The molecule has 3 saturated heterocycles. The molecule has 0 aliphatic carbocycles. The van der Waals surface area contributed by atoms with Crippen LogP contribution in [0.25, 0.3) is 27.9 Å². The zero-order valence-corrected chi connectivity index (χ0v) is 22.9. The van der Waals surface area contributed by atoms with Crippen molar-refractivity contribution in [3.63, 3.8) is 0 Å². The third-order valence-corrected chi connectivity index (χ3v) is 9.09. The molecule has 0 radical (unpaired) electrons. The summed E-state index contributed by atoms with van der Waals surface area (Å²) in [5.74, 6) is -1.27. The summed E-state index contributed by atoms with van der Waals surface area (Å²) in [6.45, 7) is 2.48. The third-order valence-electron chi connectivity index (χ3n) is 9.09. The van der Waals surface area contributed by atoms with Crippen molar-refractivity contribution >= 4 is 22.3 Å². The Bertz CT molecular complexity index is 1610. The molecule has 4 atom stereocenters. The van der Waals surface area contributed by atoms with Crippen LogP contribution in [0, 0.1) is 12.7 Å². The highest BCUT2D eigenvalue weighted by atomic mass is 19.4. The summed E-state index contributed by atoms with van der Waals surface area (Å²) in [5, 5.41) is 3.77. The van der Waals surface area contributed by atoms with E-state index in [-0.39, 0.29) is 47.0 Å². The number of rotatable bonds is 5. The van der Waals surface area contributed by atoms with E-state index in [1.165, 1.54) is 13.1 Å². The normalized spacial score (nSPS) is 27.5. The molecule has 3 fully saturated rings. The summed E-state index contributed by atoms with van der Waals surface area (Å²) in [6, 6.07) is 1.36. The quantitative estimate of drug-likeness (QED) is 0.403. The van der Waals surface area contributed by atoms with Crippen LogP contribution in [0.1, 0.15) is 55.3 Å². The van der Waals surface area contributed by atoms with Gasteiger partial charge in [-0.1, -0.05) is 6.08 Å². The Kier molecular flexibility index (Phi) is 6.39. The third kappa shape index (κ3) is 4.57. The second kappa shape index (κ2) is 9.80. The second-order valence-corrected chi connectivity index (χ2v) is 11.9. The number of halogens is 5. The number of nitrogen functional groups attached to an aromatic ring is 1. The highest BCUT2D eigenvalue weighted by molar-refractivity contribution is 5.92. The number of anilines is 1. The molecular formula is C29H30F5N7O. The lowest BCUT2D eigenvalue weighted by Crippen LogP contribution is -2.43. The highest BCUT2D eigenvalue weighted by Crippen LogP contribution is 2.43. The molecular weight excluding hydrogens is 557 g/mol. The number of hydrogen-bond acceptors (Lipinski definition) is 8. The Morgan fingerprint density at radius 1 is 1.17 bits per heavy atom. The van der Waals surface area contributed by atoms with E-state index in [1.807, 2.05) is 6.08 Å². The first-order valence-electron chi connectivity index (χ1n) is 14.2. The van der Waals surface area contributed by atoms with Gasteiger partial charge in [-0.3, -0.25) is 9.88 Å². The standard InChI is InChI=1S/C29H30F5N7O/c1-14-7-20(35)38-25(21(14)29(32,33)34)26-22(31)24-19(11-36-26)23(15-8-17-3-4-18(9-15)37-17)39-27(40-24)42-13-28-5-2-6-41(28)12-16(30)10-28/h7-8,11,16-18,37H,2-6,9-10,12-13H2,1H3,(H2,35,38)/t16-,17?,18?,28+/m1/s1. The number of nitrogens with zero attached hydrogens (tertiary/aromatic N) is 5. The lowest BCUT2D eigenvalue weighted by atomic mass is 9.95. The maximum atomic E-state index is 16.3. The van der Waals surface area contributed by atoms with Gasteiger partial charge in [0.1, 0.15) is 35.5 Å². The number of fused-ring (bicyclic) bond motifs is 4. The number of alkyl halides is 4. The molecule has 3 aromatic rings. The molecule has 0 spiro atoms. The van der Waals surface area contributed by atoms with Crippen LogP contribution in [0.15, 0.2) is 18.3 Å². The van der Waals surface area contributed by atoms with Crippen LogP contribution in [-0.4, -0.2) is 68.3 Å².